The largest absolute Gasteiger partial charge is 0.309 e. The first-order valence-electron chi connectivity index (χ1n) is 16.9. The van der Waals surface area contributed by atoms with Gasteiger partial charge >= 0.3 is 0 Å². The minimum absolute atomic E-state index is 0.0126. The molecule has 1 spiro atoms. The molecule has 3 aliphatic rings. The average Bonchev–Trinajstić information content (AvgIpc) is 3.59. The van der Waals surface area contributed by atoms with Gasteiger partial charge < -0.3 is 4.57 Å². The first kappa shape index (κ1) is 26.7. The summed E-state index contributed by atoms with van der Waals surface area (Å²) in [5, 5.41) is 2.61. The van der Waals surface area contributed by atoms with Crippen molar-refractivity contribution in [3.8, 4) is 27.9 Å². The van der Waals surface area contributed by atoms with Crippen LogP contribution in [0.1, 0.15) is 47.2 Å². The standard InChI is InChI=1S/C46H31NS/c1-45(2)34-17-5-3-13-30(34)33-27-28(25-26-35(33)45)29-15-11-21-39-44(29)48-42-24-10-7-19-37(42)46(39)36-18-6-9-23-41(36)47-40-22-8-4-14-31(40)32-16-12-20-38(46)43(32)47/h3-27H,1-2H3. The van der Waals surface area contributed by atoms with Crippen molar-refractivity contribution < 1.29 is 0 Å². The van der Waals surface area contributed by atoms with E-state index in [2.05, 4.69) is 170 Å². The highest BCUT2D eigenvalue weighted by Gasteiger charge is 2.49. The van der Waals surface area contributed by atoms with Gasteiger partial charge in [-0.2, -0.15) is 0 Å². The van der Waals surface area contributed by atoms with E-state index in [1.807, 2.05) is 11.8 Å². The molecule has 2 aliphatic heterocycles. The number of benzene rings is 7. The molecule has 0 fully saturated rings. The van der Waals surface area contributed by atoms with Crippen molar-refractivity contribution in [3.05, 3.63) is 185 Å². The van der Waals surface area contributed by atoms with Gasteiger partial charge in [-0.15, -0.1) is 0 Å². The van der Waals surface area contributed by atoms with E-state index in [9.17, 15) is 0 Å². The van der Waals surface area contributed by atoms with Crippen LogP contribution in [0.4, 0.5) is 0 Å². The molecule has 3 heterocycles. The minimum Gasteiger partial charge on any atom is -0.309 e. The molecule has 11 rings (SSSR count). The molecule has 0 bridgehead atoms. The van der Waals surface area contributed by atoms with Crippen LogP contribution in [0.2, 0.25) is 0 Å². The summed E-state index contributed by atoms with van der Waals surface area (Å²) in [6.07, 6.45) is 0. The summed E-state index contributed by atoms with van der Waals surface area (Å²) in [4.78, 5) is 2.67. The van der Waals surface area contributed by atoms with Crippen molar-refractivity contribution >= 4 is 33.6 Å². The molecule has 0 saturated heterocycles. The highest BCUT2D eigenvalue weighted by molar-refractivity contribution is 7.99. The van der Waals surface area contributed by atoms with Crippen LogP contribution in [0.5, 0.6) is 0 Å². The SMILES string of the molecule is CC1(C)c2ccccc2-c2cc(-c3cccc4c3Sc3ccccc3C43c4ccccc4-n4c5ccccc5c5cccc3c54)ccc21. The molecule has 48 heavy (non-hydrogen) atoms. The van der Waals surface area contributed by atoms with Crippen molar-refractivity contribution in [2.75, 3.05) is 0 Å². The highest BCUT2D eigenvalue weighted by Crippen LogP contribution is 2.62. The molecule has 1 aliphatic carbocycles. The van der Waals surface area contributed by atoms with Crippen molar-refractivity contribution in [3.63, 3.8) is 0 Å². The summed E-state index contributed by atoms with van der Waals surface area (Å²) in [5.74, 6) is 0. The smallest absolute Gasteiger partial charge is 0.0764 e. The molecular formula is C46H31NS. The molecule has 0 saturated carbocycles. The van der Waals surface area contributed by atoms with E-state index in [1.54, 1.807) is 0 Å². The van der Waals surface area contributed by atoms with Crippen molar-refractivity contribution in [2.24, 2.45) is 0 Å². The number of fused-ring (bicyclic) bond motifs is 14. The van der Waals surface area contributed by atoms with Gasteiger partial charge in [0.05, 0.1) is 22.1 Å². The molecular weight excluding hydrogens is 599 g/mol. The zero-order chi connectivity index (χ0) is 31.8. The van der Waals surface area contributed by atoms with E-state index in [0.717, 1.165) is 0 Å². The summed E-state index contributed by atoms with van der Waals surface area (Å²) in [6, 6.07) is 57.3. The number of hydrogen-bond donors (Lipinski definition) is 0. The first-order chi connectivity index (χ1) is 23.6. The van der Waals surface area contributed by atoms with Gasteiger partial charge in [-0.05, 0) is 79.9 Å². The van der Waals surface area contributed by atoms with Gasteiger partial charge in [0.15, 0.2) is 0 Å². The van der Waals surface area contributed by atoms with Gasteiger partial charge in [0.2, 0.25) is 0 Å². The topological polar surface area (TPSA) is 4.93 Å². The van der Waals surface area contributed by atoms with Gasteiger partial charge in [-0.3, -0.25) is 0 Å². The predicted molar refractivity (Wildman–Crippen MR) is 200 cm³/mol. The molecule has 1 aromatic heterocycles. The molecule has 0 N–H and O–H groups in total. The second kappa shape index (κ2) is 9.18. The number of nitrogens with zero attached hydrogens (tertiary/aromatic N) is 1. The molecule has 8 aromatic rings. The van der Waals surface area contributed by atoms with Crippen LogP contribution in [0.15, 0.2) is 161 Å². The zero-order valence-electron chi connectivity index (χ0n) is 26.8. The molecule has 7 aromatic carbocycles. The van der Waals surface area contributed by atoms with Gasteiger partial charge in [-0.1, -0.05) is 153 Å². The molecule has 226 valence electrons. The van der Waals surface area contributed by atoms with Gasteiger partial charge in [0.1, 0.15) is 0 Å². The Morgan fingerprint density at radius 1 is 0.479 bits per heavy atom. The van der Waals surface area contributed by atoms with Crippen LogP contribution >= 0.6 is 11.8 Å². The lowest BCUT2D eigenvalue weighted by Crippen LogP contribution is -2.37. The fraction of sp³-hybridized carbons (Fsp3) is 0.0870. The Morgan fingerprint density at radius 3 is 2.04 bits per heavy atom. The van der Waals surface area contributed by atoms with Gasteiger partial charge in [0, 0.05) is 26.0 Å². The number of aromatic nitrogens is 1. The Hall–Kier alpha value is -5.31. The lowest BCUT2D eigenvalue weighted by Gasteiger charge is -2.45. The Kier molecular flexibility index (Phi) is 5.11. The molecule has 1 nitrogen and oxygen atoms in total. The van der Waals surface area contributed by atoms with E-state index >= 15 is 0 Å². The molecule has 0 radical (unpaired) electrons. The molecule has 2 heteroatoms. The normalized spacial score (nSPS) is 17.5. The van der Waals surface area contributed by atoms with Gasteiger partial charge in [-0.25, -0.2) is 0 Å². The van der Waals surface area contributed by atoms with Crippen LogP contribution < -0.4 is 0 Å². The Morgan fingerprint density at radius 2 is 1.12 bits per heavy atom. The minimum atomic E-state index is -0.473. The fourth-order valence-corrected chi connectivity index (χ4v) is 10.8. The molecule has 1 unspecified atom stereocenters. The second-order valence-electron chi connectivity index (χ2n) is 14.0. The predicted octanol–water partition coefficient (Wildman–Crippen LogP) is 11.9. The summed E-state index contributed by atoms with van der Waals surface area (Å²) in [6.45, 7) is 4.72. The third-order valence-electron chi connectivity index (χ3n) is 11.5. The second-order valence-corrected chi connectivity index (χ2v) is 15.1. The zero-order valence-corrected chi connectivity index (χ0v) is 27.6. The third kappa shape index (κ3) is 3.10. The highest BCUT2D eigenvalue weighted by atomic mass is 32.2. The summed E-state index contributed by atoms with van der Waals surface area (Å²) in [7, 11) is 0. The maximum atomic E-state index is 2.52. The third-order valence-corrected chi connectivity index (χ3v) is 12.7. The van der Waals surface area contributed by atoms with Gasteiger partial charge in [0.25, 0.3) is 0 Å². The van der Waals surface area contributed by atoms with Crippen molar-refractivity contribution in [1.29, 1.82) is 0 Å². The molecule has 1 atom stereocenters. The maximum Gasteiger partial charge on any atom is 0.0764 e. The Balaban J connectivity index is 1.26. The summed E-state index contributed by atoms with van der Waals surface area (Å²) in [5.41, 5.74) is 16.9. The van der Waals surface area contributed by atoms with Crippen LogP contribution in [0, 0.1) is 0 Å². The Labute approximate surface area is 284 Å². The quantitative estimate of drug-likeness (QED) is 0.175. The maximum absolute atomic E-state index is 2.52. The van der Waals surface area contributed by atoms with Crippen LogP contribution in [-0.4, -0.2) is 4.57 Å². The lowest BCUT2D eigenvalue weighted by molar-refractivity contribution is 0.660. The number of rotatable bonds is 1. The Bertz CT molecular complexity index is 2690. The van der Waals surface area contributed by atoms with E-state index in [4.69, 9.17) is 0 Å². The monoisotopic (exact) mass is 629 g/mol. The van der Waals surface area contributed by atoms with Crippen LogP contribution in [-0.2, 0) is 10.8 Å². The molecule has 0 amide bonds. The average molecular weight is 630 g/mol. The van der Waals surface area contributed by atoms with Crippen molar-refractivity contribution in [1.82, 2.24) is 4.57 Å². The van der Waals surface area contributed by atoms with Crippen molar-refractivity contribution in [2.45, 2.75) is 34.5 Å². The lowest BCUT2D eigenvalue weighted by atomic mass is 9.62. The van der Waals surface area contributed by atoms with E-state index in [1.165, 1.54) is 92.9 Å². The van der Waals surface area contributed by atoms with E-state index in [0.29, 0.717) is 0 Å². The summed E-state index contributed by atoms with van der Waals surface area (Å²) < 4.78 is 2.52. The summed E-state index contributed by atoms with van der Waals surface area (Å²) >= 11 is 1.93. The number of hydrogen-bond acceptors (Lipinski definition) is 1. The van der Waals surface area contributed by atoms with E-state index in [-0.39, 0.29) is 5.41 Å². The van der Waals surface area contributed by atoms with Crippen LogP contribution in [0.25, 0.3) is 49.7 Å². The number of para-hydroxylation sites is 3. The van der Waals surface area contributed by atoms with E-state index < -0.39 is 5.41 Å². The first-order valence-corrected chi connectivity index (χ1v) is 17.7. The van der Waals surface area contributed by atoms with Crippen LogP contribution in [0.3, 0.4) is 0 Å². The fourth-order valence-electron chi connectivity index (χ4n) is 9.46.